The van der Waals surface area contributed by atoms with Crippen molar-refractivity contribution in [2.45, 2.75) is 26.3 Å². The first-order valence-electron chi connectivity index (χ1n) is 8.40. The van der Waals surface area contributed by atoms with Crippen LogP contribution in [-0.4, -0.2) is 20.7 Å². The molecule has 0 saturated carbocycles. The molecule has 0 spiro atoms. The van der Waals surface area contributed by atoms with Crippen molar-refractivity contribution in [2.75, 3.05) is 5.32 Å². The molecular weight excluding hydrogens is 357 g/mol. The van der Waals surface area contributed by atoms with Crippen molar-refractivity contribution in [2.24, 2.45) is 0 Å². The number of halogens is 3. The highest BCUT2D eigenvalue weighted by Gasteiger charge is 2.15. The van der Waals surface area contributed by atoms with Crippen LogP contribution < -0.4 is 5.32 Å². The molecule has 0 bridgehead atoms. The summed E-state index contributed by atoms with van der Waals surface area (Å²) in [4.78, 5) is 16.2. The number of anilines is 1. The van der Waals surface area contributed by atoms with Crippen LogP contribution in [0.5, 0.6) is 0 Å². The van der Waals surface area contributed by atoms with Gasteiger partial charge in [-0.1, -0.05) is 6.07 Å². The van der Waals surface area contributed by atoms with Gasteiger partial charge in [-0.15, -0.1) is 0 Å². The average Bonchev–Trinajstić information content (AvgIpc) is 3.09. The SMILES string of the molecule is CCn1nc(-c2ccncc2)cc1NC(=O)CCc1ccc(F)c(F)c1F. The van der Waals surface area contributed by atoms with Crippen molar-refractivity contribution >= 4 is 11.7 Å². The van der Waals surface area contributed by atoms with Crippen LogP contribution in [0.3, 0.4) is 0 Å². The largest absolute Gasteiger partial charge is 0.311 e. The molecule has 5 nitrogen and oxygen atoms in total. The minimum atomic E-state index is -1.53. The third-order valence-corrected chi connectivity index (χ3v) is 4.06. The van der Waals surface area contributed by atoms with Gasteiger partial charge in [-0.05, 0) is 37.1 Å². The lowest BCUT2D eigenvalue weighted by Gasteiger charge is -2.07. The van der Waals surface area contributed by atoms with Gasteiger partial charge in [0.25, 0.3) is 0 Å². The standard InChI is InChI=1S/C19H17F3N4O/c1-2-26-16(11-15(25-26)12-7-9-23-10-8-12)24-17(27)6-4-13-3-5-14(20)19(22)18(13)21/h3,5,7-11H,2,4,6H2,1H3,(H,24,27). The summed E-state index contributed by atoms with van der Waals surface area (Å²) in [5.41, 5.74) is 1.49. The van der Waals surface area contributed by atoms with Crippen LogP contribution in [-0.2, 0) is 17.8 Å². The first-order valence-corrected chi connectivity index (χ1v) is 8.40. The summed E-state index contributed by atoms with van der Waals surface area (Å²) < 4.78 is 41.5. The highest BCUT2D eigenvalue weighted by Crippen LogP contribution is 2.22. The Kier molecular flexibility index (Phi) is 5.54. The number of carbonyl (C=O) groups excluding carboxylic acids is 1. The third kappa shape index (κ3) is 4.16. The van der Waals surface area contributed by atoms with Crippen LogP contribution in [0.1, 0.15) is 18.9 Å². The number of nitrogens with one attached hydrogen (secondary N) is 1. The van der Waals surface area contributed by atoms with E-state index >= 15 is 0 Å². The quantitative estimate of drug-likeness (QED) is 0.665. The van der Waals surface area contributed by atoms with Gasteiger partial charge in [-0.2, -0.15) is 5.10 Å². The van der Waals surface area contributed by atoms with Gasteiger partial charge in [0.05, 0.1) is 5.69 Å². The summed E-state index contributed by atoms with van der Waals surface area (Å²) in [6, 6.07) is 7.33. The second-order valence-corrected chi connectivity index (χ2v) is 5.85. The van der Waals surface area contributed by atoms with Gasteiger partial charge >= 0.3 is 0 Å². The predicted octanol–water partition coefficient (Wildman–Crippen LogP) is 3.95. The number of aromatic nitrogens is 3. The molecule has 0 aliphatic carbocycles. The lowest BCUT2D eigenvalue weighted by Crippen LogP contribution is -2.16. The molecule has 0 aliphatic rings. The van der Waals surface area contributed by atoms with Crippen molar-refractivity contribution in [3.05, 3.63) is 65.7 Å². The molecule has 3 aromatic rings. The number of carbonyl (C=O) groups is 1. The second kappa shape index (κ2) is 8.03. The van der Waals surface area contributed by atoms with Crippen LogP contribution in [0, 0.1) is 17.5 Å². The van der Waals surface area contributed by atoms with Gasteiger partial charge in [0.1, 0.15) is 5.82 Å². The zero-order valence-electron chi connectivity index (χ0n) is 14.5. The number of rotatable bonds is 6. The number of hydrogen-bond acceptors (Lipinski definition) is 3. The van der Waals surface area contributed by atoms with E-state index in [2.05, 4.69) is 15.4 Å². The number of hydrogen-bond donors (Lipinski definition) is 1. The Morgan fingerprint density at radius 2 is 1.85 bits per heavy atom. The smallest absolute Gasteiger partial charge is 0.225 e. The van der Waals surface area contributed by atoms with Crippen molar-refractivity contribution in [1.29, 1.82) is 0 Å². The summed E-state index contributed by atoms with van der Waals surface area (Å²) in [6.07, 6.45) is 3.16. The fraction of sp³-hybridized carbons (Fsp3) is 0.211. The molecule has 8 heteroatoms. The Labute approximate surface area is 153 Å². The van der Waals surface area contributed by atoms with E-state index in [0.717, 1.165) is 17.7 Å². The van der Waals surface area contributed by atoms with Crippen molar-refractivity contribution < 1.29 is 18.0 Å². The highest BCUT2D eigenvalue weighted by molar-refractivity contribution is 5.90. The van der Waals surface area contributed by atoms with Crippen LogP contribution in [0.25, 0.3) is 11.3 Å². The molecule has 0 unspecified atom stereocenters. The molecule has 1 amide bonds. The summed E-state index contributed by atoms with van der Waals surface area (Å²) in [6.45, 7) is 2.42. The van der Waals surface area contributed by atoms with Gasteiger partial charge in [-0.3, -0.25) is 9.78 Å². The molecule has 2 heterocycles. The molecule has 1 aromatic carbocycles. The third-order valence-electron chi connectivity index (χ3n) is 4.06. The Morgan fingerprint density at radius 1 is 1.11 bits per heavy atom. The van der Waals surface area contributed by atoms with E-state index in [4.69, 9.17) is 0 Å². The maximum absolute atomic E-state index is 13.7. The van der Waals surface area contributed by atoms with Crippen molar-refractivity contribution in [3.63, 3.8) is 0 Å². The van der Waals surface area contributed by atoms with Crippen LogP contribution in [0.4, 0.5) is 19.0 Å². The van der Waals surface area contributed by atoms with Crippen molar-refractivity contribution in [3.8, 4) is 11.3 Å². The zero-order valence-corrected chi connectivity index (χ0v) is 14.5. The summed E-state index contributed by atoms with van der Waals surface area (Å²) in [5.74, 6) is -3.92. The Bertz CT molecular complexity index is 957. The number of amides is 1. The summed E-state index contributed by atoms with van der Waals surface area (Å²) in [7, 11) is 0. The lowest BCUT2D eigenvalue weighted by atomic mass is 10.1. The van der Waals surface area contributed by atoms with Gasteiger partial charge in [0, 0.05) is 37.0 Å². The number of benzene rings is 1. The second-order valence-electron chi connectivity index (χ2n) is 5.85. The number of nitrogens with zero attached hydrogens (tertiary/aromatic N) is 3. The predicted molar refractivity (Wildman–Crippen MR) is 94.4 cm³/mol. The fourth-order valence-corrected chi connectivity index (χ4v) is 2.63. The Hall–Kier alpha value is -3.16. The average molecular weight is 374 g/mol. The first kappa shape index (κ1) is 18.6. The topological polar surface area (TPSA) is 59.8 Å². The number of aryl methyl sites for hydroxylation is 2. The van der Waals surface area contributed by atoms with E-state index in [1.807, 2.05) is 6.92 Å². The highest BCUT2D eigenvalue weighted by atomic mass is 19.2. The minimum Gasteiger partial charge on any atom is -0.311 e. The Morgan fingerprint density at radius 3 is 2.56 bits per heavy atom. The molecular formula is C19H17F3N4O. The van der Waals surface area contributed by atoms with Crippen LogP contribution >= 0.6 is 0 Å². The van der Waals surface area contributed by atoms with E-state index in [0.29, 0.717) is 18.1 Å². The molecule has 2 aromatic heterocycles. The van der Waals surface area contributed by atoms with Gasteiger partial charge in [-0.25, -0.2) is 17.9 Å². The maximum Gasteiger partial charge on any atom is 0.225 e. The molecule has 1 N–H and O–H groups in total. The zero-order chi connectivity index (χ0) is 19.4. The Balaban J connectivity index is 1.69. The van der Waals surface area contributed by atoms with Gasteiger partial charge in [0.2, 0.25) is 5.91 Å². The van der Waals surface area contributed by atoms with Crippen LogP contribution in [0.15, 0.2) is 42.7 Å². The van der Waals surface area contributed by atoms with E-state index < -0.39 is 17.5 Å². The molecule has 0 atom stereocenters. The van der Waals surface area contributed by atoms with Crippen molar-refractivity contribution in [1.82, 2.24) is 14.8 Å². The van der Waals surface area contributed by atoms with Gasteiger partial charge < -0.3 is 5.32 Å². The van der Waals surface area contributed by atoms with Crippen LogP contribution in [0.2, 0.25) is 0 Å². The molecule has 27 heavy (non-hydrogen) atoms. The normalized spacial score (nSPS) is 10.8. The summed E-state index contributed by atoms with van der Waals surface area (Å²) in [5, 5.41) is 7.15. The molecule has 0 saturated heterocycles. The molecule has 0 fully saturated rings. The molecule has 0 aliphatic heterocycles. The summed E-state index contributed by atoms with van der Waals surface area (Å²) >= 11 is 0. The van der Waals surface area contributed by atoms with E-state index in [9.17, 15) is 18.0 Å². The fourth-order valence-electron chi connectivity index (χ4n) is 2.63. The van der Waals surface area contributed by atoms with E-state index in [1.165, 1.54) is 0 Å². The molecule has 0 radical (unpaired) electrons. The van der Waals surface area contributed by atoms with E-state index in [-0.39, 0.29) is 24.3 Å². The molecule has 3 rings (SSSR count). The van der Waals surface area contributed by atoms with Gasteiger partial charge in [0.15, 0.2) is 17.5 Å². The number of pyridine rings is 1. The van der Waals surface area contributed by atoms with E-state index in [1.54, 1.807) is 35.3 Å². The monoisotopic (exact) mass is 374 g/mol. The minimum absolute atomic E-state index is 0.0493. The lowest BCUT2D eigenvalue weighted by molar-refractivity contribution is -0.116. The first-order chi connectivity index (χ1) is 13.0. The molecule has 140 valence electrons. The maximum atomic E-state index is 13.7.